The van der Waals surface area contributed by atoms with Crippen molar-refractivity contribution in [2.24, 2.45) is 5.73 Å². The molecule has 1 amide bonds. The van der Waals surface area contributed by atoms with Crippen molar-refractivity contribution >= 4 is 28.3 Å². The Morgan fingerprint density at radius 1 is 1.33 bits per heavy atom. The van der Waals surface area contributed by atoms with Crippen LogP contribution in [0.25, 0.3) is 0 Å². The molecule has 1 heterocycles. The fourth-order valence-corrected chi connectivity index (χ4v) is 2.40. The Labute approximate surface area is 131 Å². The molecule has 0 atom stereocenters. The van der Waals surface area contributed by atoms with Crippen molar-refractivity contribution in [2.75, 3.05) is 13.6 Å². The maximum absolute atomic E-state index is 12.1. The summed E-state index contributed by atoms with van der Waals surface area (Å²) < 4.78 is 30.3. The molecule has 0 fully saturated rings. The molecule has 0 spiro atoms. The summed E-state index contributed by atoms with van der Waals surface area (Å²) in [6.07, 6.45) is 1.35. The molecule has 0 radical (unpaired) electrons. The lowest BCUT2D eigenvalue weighted by Crippen LogP contribution is -2.52. The van der Waals surface area contributed by atoms with E-state index in [0.29, 0.717) is 19.4 Å². The van der Waals surface area contributed by atoms with E-state index in [1.54, 1.807) is 0 Å². The summed E-state index contributed by atoms with van der Waals surface area (Å²) in [4.78, 5) is 12.1. The average molecular weight is 340 g/mol. The van der Waals surface area contributed by atoms with Gasteiger partial charge in [-0.1, -0.05) is 13.8 Å². The monoisotopic (exact) mass is 339 g/mol. The van der Waals surface area contributed by atoms with Crippen LogP contribution in [0.4, 0.5) is 0 Å². The number of sulfonamides is 1. The third-order valence-corrected chi connectivity index (χ3v) is 4.75. The number of halogens is 1. The van der Waals surface area contributed by atoms with Gasteiger partial charge in [-0.2, -0.15) is 0 Å². The molecule has 0 aliphatic heterocycles. The highest BCUT2D eigenvalue weighted by Gasteiger charge is 2.28. The van der Waals surface area contributed by atoms with E-state index in [0.717, 1.165) is 0 Å². The predicted octanol–water partition coefficient (Wildman–Crippen LogP) is 0.857. The maximum Gasteiger partial charge on any atom is 0.287 e. The van der Waals surface area contributed by atoms with Crippen molar-refractivity contribution < 1.29 is 17.6 Å². The van der Waals surface area contributed by atoms with Crippen LogP contribution in [-0.4, -0.2) is 33.5 Å². The first kappa shape index (κ1) is 19.9. The van der Waals surface area contributed by atoms with E-state index < -0.39 is 21.5 Å². The van der Waals surface area contributed by atoms with Gasteiger partial charge in [-0.25, -0.2) is 13.1 Å². The van der Waals surface area contributed by atoms with Gasteiger partial charge in [-0.15, -0.1) is 12.4 Å². The summed E-state index contributed by atoms with van der Waals surface area (Å²) in [5.74, 6) is -0.532. The minimum absolute atomic E-state index is 0. The van der Waals surface area contributed by atoms with E-state index >= 15 is 0 Å². The second kappa shape index (κ2) is 7.79. The fourth-order valence-electron chi connectivity index (χ4n) is 1.76. The van der Waals surface area contributed by atoms with Crippen LogP contribution in [0.5, 0.6) is 0 Å². The van der Waals surface area contributed by atoms with Gasteiger partial charge in [-0.05, 0) is 32.0 Å². The number of carbonyl (C=O) groups is 1. The Kier molecular flexibility index (Phi) is 7.38. The second-order valence-corrected chi connectivity index (χ2v) is 6.29. The molecule has 7 nitrogen and oxygen atoms in total. The van der Waals surface area contributed by atoms with Crippen molar-refractivity contribution in [3.8, 4) is 0 Å². The van der Waals surface area contributed by atoms with Crippen molar-refractivity contribution in [2.45, 2.75) is 37.3 Å². The summed E-state index contributed by atoms with van der Waals surface area (Å²) in [5, 5.41) is 2.51. The van der Waals surface area contributed by atoms with Crippen LogP contribution in [0.1, 0.15) is 37.2 Å². The molecule has 0 bridgehead atoms. The number of hydrogen-bond acceptors (Lipinski definition) is 5. The van der Waals surface area contributed by atoms with Gasteiger partial charge < -0.3 is 15.5 Å². The van der Waals surface area contributed by atoms with Crippen LogP contribution >= 0.6 is 12.4 Å². The largest absolute Gasteiger partial charge is 0.438 e. The van der Waals surface area contributed by atoms with Crippen molar-refractivity contribution in [1.29, 1.82) is 0 Å². The lowest BCUT2D eigenvalue weighted by molar-refractivity contribution is 0.0861. The summed E-state index contributed by atoms with van der Waals surface area (Å²) in [6, 6.07) is 2.56. The summed E-state index contributed by atoms with van der Waals surface area (Å²) >= 11 is 0. The van der Waals surface area contributed by atoms with Gasteiger partial charge in [0.1, 0.15) is 0 Å². The van der Waals surface area contributed by atoms with Crippen LogP contribution in [0.15, 0.2) is 21.6 Å². The number of rotatable bonds is 7. The minimum Gasteiger partial charge on any atom is -0.438 e. The third-order valence-electron chi connectivity index (χ3n) is 3.46. The predicted molar refractivity (Wildman–Crippen MR) is 82.0 cm³/mol. The standard InChI is InChI=1S/C12H21N3O4S.ClH/c1-4-12(5-2,8-13)15-11(16)9-6-7-10(19-9)20(17,18)14-3;/h6-7,14H,4-5,8,13H2,1-3H3,(H,15,16);1H. The Hall–Kier alpha value is -1.09. The molecule has 0 aromatic carbocycles. The molecule has 0 aliphatic rings. The van der Waals surface area contributed by atoms with Crippen molar-refractivity contribution in [3.63, 3.8) is 0 Å². The van der Waals surface area contributed by atoms with Gasteiger partial charge >= 0.3 is 0 Å². The molecule has 1 aromatic rings. The summed E-state index contributed by atoms with van der Waals surface area (Å²) in [7, 11) is -2.42. The number of nitrogens with one attached hydrogen (secondary N) is 2. The van der Waals surface area contributed by atoms with E-state index in [1.807, 2.05) is 13.8 Å². The Balaban J connectivity index is 0.00000400. The van der Waals surface area contributed by atoms with E-state index in [9.17, 15) is 13.2 Å². The highest BCUT2D eigenvalue weighted by atomic mass is 35.5. The average Bonchev–Trinajstić information content (AvgIpc) is 2.95. The van der Waals surface area contributed by atoms with E-state index in [4.69, 9.17) is 10.2 Å². The molecule has 9 heteroatoms. The number of nitrogens with two attached hydrogens (primary N) is 1. The molecule has 1 aromatic heterocycles. The SMILES string of the molecule is CCC(CC)(CN)NC(=O)c1ccc(S(=O)(=O)NC)o1.Cl. The maximum atomic E-state index is 12.1. The fraction of sp³-hybridized carbons (Fsp3) is 0.583. The Morgan fingerprint density at radius 2 is 1.90 bits per heavy atom. The number of amides is 1. The van der Waals surface area contributed by atoms with Crippen molar-refractivity contribution in [1.82, 2.24) is 10.0 Å². The molecule has 0 saturated heterocycles. The number of carbonyl (C=O) groups excluding carboxylic acids is 1. The third kappa shape index (κ3) is 4.44. The van der Waals surface area contributed by atoms with Crippen molar-refractivity contribution in [3.05, 3.63) is 17.9 Å². The van der Waals surface area contributed by atoms with E-state index in [-0.39, 0.29) is 23.3 Å². The molecule has 21 heavy (non-hydrogen) atoms. The van der Waals surface area contributed by atoms with Gasteiger partial charge in [-0.3, -0.25) is 4.79 Å². The second-order valence-electron chi connectivity index (χ2n) is 4.47. The first-order valence-electron chi connectivity index (χ1n) is 6.40. The van der Waals surface area contributed by atoms with Gasteiger partial charge in [0.05, 0.1) is 5.54 Å². The van der Waals surface area contributed by atoms with Gasteiger partial charge in [0, 0.05) is 6.54 Å². The van der Waals surface area contributed by atoms with Crippen LogP contribution in [0, 0.1) is 0 Å². The topological polar surface area (TPSA) is 114 Å². The smallest absolute Gasteiger partial charge is 0.287 e. The normalized spacial score (nSPS) is 11.8. The number of hydrogen-bond donors (Lipinski definition) is 3. The molecule has 1 rings (SSSR count). The first-order valence-corrected chi connectivity index (χ1v) is 7.88. The first-order chi connectivity index (χ1) is 9.34. The highest BCUT2D eigenvalue weighted by molar-refractivity contribution is 7.89. The van der Waals surface area contributed by atoms with Crippen LogP contribution in [-0.2, 0) is 10.0 Å². The van der Waals surface area contributed by atoms with Gasteiger partial charge in [0.25, 0.3) is 15.9 Å². The van der Waals surface area contributed by atoms with E-state index in [2.05, 4.69) is 10.0 Å². The molecule has 0 aliphatic carbocycles. The minimum atomic E-state index is -3.69. The van der Waals surface area contributed by atoms with Gasteiger partial charge in [0.2, 0.25) is 5.09 Å². The van der Waals surface area contributed by atoms with E-state index in [1.165, 1.54) is 19.2 Å². The lowest BCUT2D eigenvalue weighted by atomic mass is 9.93. The summed E-state index contributed by atoms with van der Waals surface area (Å²) in [6.45, 7) is 4.15. The molecule has 0 unspecified atom stereocenters. The lowest BCUT2D eigenvalue weighted by Gasteiger charge is -2.30. The molecule has 0 saturated carbocycles. The zero-order chi connectivity index (χ0) is 15.4. The molecular weight excluding hydrogens is 318 g/mol. The summed E-state index contributed by atoms with van der Waals surface area (Å²) in [5.41, 5.74) is 5.19. The van der Waals surface area contributed by atoms with Crippen LogP contribution in [0.2, 0.25) is 0 Å². The molecular formula is C12H22ClN3O4S. The Morgan fingerprint density at radius 3 is 2.33 bits per heavy atom. The molecule has 122 valence electrons. The Bertz CT molecular complexity index is 559. The van der Waals surface area contributed by atoms with Crippen LogP contribution in [0.3, 0.4) is 0 Å². The van der Waals surface area contributed by atoms with Crippen LogP contribution < -0.4 is 15.8 Å². The number of furan rings is 1. The van der Waals surface area contributed by atoms with Gasteiger partial charge in [0.15, 0.2) is 5.76 Å². The quantitative estimate of drug-likeness (QED) is 0.681. The molecule has 4 N–H and O–H groups in total. The highest BCUT2D eigenvalue weighted by Crippen LogP contribution is 2.17. The zero-order valence-electron chi connectivity index (χ0n) is 12.3. The zero-order valence-corrected chi connectivity index (χ0v) is 13.9.